The summed E-state index contributed by atoms with van der Waals surface area (Å²) in [6.45, 7) is 9.50. The van der Waals surface area contributed by atoms with E-state index in [0.717, 1.165) is 30.6 Å². The van der Waals surface area contributed by atoms with Crippen LogP contribution in [0.5, 0.6) is 0 Å². The highest BCUT2D eigenvalue weighted by molar-refractivity contribution is 5.48. The van der Waals surface area contributed by atoms with E-state index in [2.05, 4.69) is 45.4 Å². The SMILES string of the molecule is Cc1nc(N2CCn3c(C(C)C)nnc3C2C)ccc1[N+](=O)[O-]. The highest BCUT2D eigenvalue weighted by Crippen LogP contribution is 2.31. The molecule has 2 aromatic heterocycles. The first-order valence-corrected chi connectivity index (χ1v) is 7.71. The second kappa shape index (κ2) is 5.60. The first kappa shape index (κ1) is 15.4. The van der Waals surface area contributed by atoms with Crippen molar-refractivity contribution in [3.63, 3.8) is 0 Å². The standard InChI is InChI=1S/C15H20N6O2/c1-9(2)14-17-18-15-11(4)19(7-8-20(14)15)13-6-5-12(21(22)23)10(3)16-13/h5-6,9,11H,7-8H2,1-4H3. The van der Waals surface area contributed by atoms with Crippen LogP contribution in [0.25, 0.3) is 0 Å². The van der Waals surface area contributed by atoms with E-state index in [1.54, 1.807) is 13.0 Å². The Bertz CT molecular complexity index is 754. The molecule has 1 aliphatic heterocycles. The van der Waals surface area contributed by atoms with Crippen LogP contribution in [0.4, 0.5) is 11.5 Å². The summed E-state index contributed by atoms with van der Waals surface area (Å²) < 4.78 is 2.17. The van der Waals surface area contributed by atoms with Crippen LogP contribution in [-0.2, 0) is 6.54 Å². The van der Waals surface area contributed by atoms with Crippen molar-refractivity contribution in [2.24, 2.45) is 0 Å². The molecular weight excluding hydrogens is 296 g/mol. The normalized spacial score (nSPS) is 17.4. The number of hydrogen-bond acceptors (Lipinski definition) is 6. The van der Waals surface area contributed by atoms with Crippen LogP contribution in [-0.4, -0.2) is 31.2 Å². The predicted molar refractivity (Wildman–Crippen MR) is 85.5 cm³/mol. The molecule has 1 unspecified atom stereocenters. The lowest BCUT2D eigenvalue weighted by Gasteiger charge is -2.35. The van der Waals surface area contributed by atoms with Crippen LogP contribution in [0.15, 0.2) is 12.1 Å². The summed E-state index contributed by atoms with van der Waals surface area (Å²) >= 11 is 0. The minimum atomic E-state index is -0.405. The van der Waals surface area contributed by atoms with Gasteiger partial charge in [0.25, 0.3) is 5.69 Å². The number of fused-ring (bicyclic) bond motifs is 1. The summed E-state index contributed by atoms with van der Waals surface area (Å²) in [5.74, 6) is 2.98. The molecule has 8 nitrogen and oxygen atoms in total. The van der Waals surface area contributed by atoms with E-state index in [1.807, 2.05) is 0 Å². The van der Waals surface area contributed by atoms with E-state index in [-0.39, 0.29) is 11.7 Å². The van der Waals surface area contributed by atoms with Crippen LogP contribution >= 0.6 is 0 Å². The Morgan fingerprint density at radius 2 is 2.04 bits per heavy atom. The van der Waals surface area contributed by atoms with Gasteiger partial charge in [0.2, 0.25) is 0 Å². The van der Waals surface area contributed by atoms with Gasteiger partial charge in [0.05, 0.1) is 11.0 Å². The highest BCUT2D eigenvalue weighted by Gasteiger charge is 2.30. The van der Waals surface area contributed by atoms with Crippen molar-refractivity contribution in [1.82, 2.24) is 19.7 Å². The fraction of sp³-hybridized carbons (Fsp3) is 0.533. The molecule has 0 saturated carbocycles. The number of pyridine rings is 1. The lowest BCUT2D eigenvalue weighted by Crippen LogP contribution is -2.38. The number of anilines is 1. The molecule has 2 aromatic rings. The number of rotatable bonds is 3. The third kappa shape index (κ3) is 2.54. The topological polar surface area (TPSA) is 90.0 Å². The van der Waals surface area contributed by atoms with Gasteiger partial charge in [0.15, 0.2) is 5.82 Å². The molecule has 0 aliphatic carbocycles. The second-order valence-electron chi connectivity index (χ2n) is 6.12. The number of nitro groups is 1. The average molecular weight is 316 g/mol. The molecule has 0 radical (unpaired) electrons. The van der Waals surface area contributed by atoms with Gasteiger partial charge in [-0.05, 0) is 19.9 Å². The maximum Gasteiger partial charge on any atom is 0.290 e. The maximum absolute atomic E-state index is 10.9. The Kier molecular flexibility index (Phi) is 3.75. The van der Waals surface area contributed by atoms with Gasteiger partial charge >= 0.3 is 0 Å². The Hall–Kier alpha value is -2.51. The van der Waals surface area contributed by atoms with Gasteiger partial charge in [0.1, 0.15) is 17.3 Å². The molecule has 1 aliphatic rings. The summed E-state index contributed by atoms with van der Waals surface area (Å²) in [6, 6.07) is 3.25. The highest BCUT2D eigenvalue weighted by atomic mass is 16.6. The molecule has 1 atom stereocenters. The monoisotopic (exact) mass is 316 g/mol. The van der Waals surface area contributed by atoms with Crippen LogP contribution in [0.1, 0.15) is 50.1 Å². The minimum Gasteiger partial charge on any atom is -0.345 e. The van der Waals surface area contributed by atoms with E-state index in [1.165, 1.54) is 6.07 Å². The largest absolute Gasteiger partial charge is 0.345 e. The van der Waals surface area contributed by atoms with Gasteiger partial charge in [-0.2, -0.15) is 0 Å². The number of aromatic nitrogens is 4. The Morgan fingerprint density at radius 3 is 2.65 bits per heavy atom. The van der Waals surface area contributed by atoms with Crippen molar-refractivity contribution in [3.05, 3.63) is 39.6 Å². The predicted octanol–water partition coefficient (Wildman–Crippen LogP) is 2.59. The summed E-state index contributed by atoms with van der Waals surface area (Å²) in [4.78, 5) is 17.1. The van der Waals surface area contributed by atoms with Gasteiger partial charge in [-0.1, -0.05) is 13.8 Å². The quantitative estimate of drug-likeness (QED) is 0.638. The molecule has 0 fully saturated rings. The molecule has 0 amide bonds. The molecule has 3 rings (SSSR count). The molecule has 122 valence electrons. The smallest absolute Gasteiger partial charge is 0.290 e. The van der Waals surface area contributed by atoms with Crippen LogP contribution < -0.4 is 4.90 Å². The van der Waals surface area contributed by atoms with Crippen molar-refractivity contribution >= 4 is 11.5 Å². The summed E-state index contributed by atoms with van der Waals surface area (Å²) in [5.41, 5.74) is 0.471. The van der Waals surface area contributed by atoms with Crippen molar-refractivity contribution in [1.29, 1.82) is 0 Å². The van der Waals surface area contributed by atoms with Gasteiger partial charge in [-0.15, -0.1) is 10.2 Å². The molecule has 3 heterocycles. The lowest BCUT2D eigenvalue weighted by atomic mass is 10.1. The van der Waals surface area contributed by atoms with E-state index >= 15 is 0 Å². The molecule has 8 heteroatoms. The molecule has 0 bridgehead atoms. The zero-order valence-electron chi connectivity index (χ0n) is 13.7. The number of nitrogens with zero attached hydrogens (tertiary/aromatic N) is 6. The lowest BCUT2D eigenvalue weighted by molar-refractivity contribution is -0.385. The summed E-state index contributed by atoms with van der Waals surface area (Å²) in [5, 5.41) is 19.6. The van der Waals surface area contributed by atoms with Crippen molar-refractivity contribution in [3.8, 4) is 0 Å². The Balaban J connectivity index is 1.93. The van der Waals surface area contributed by atoms with Crippen molar-refractivity contribution in [2.45, 2.75) is 46.2 Å². The second-order valence-corrected chi connectivity index (χ2v) is 6.12. The third-order valence-corrected chi connectivity index (χ3v) is 4.26. The van der Waals surface area contributed by atoms with E-state index in [4.69, 9.17) is 0 Å². The van der Waals surface area contributed by atoms with Crippen LogP contribution in [0, 0.1) is 17.0 Å². The van der Waals surface area contributed by atoms with Gasteiger partial charge < -0.3 is 9.47 Å². The van der Waals surface area contributed by atoms with E-state index in [9.17, 15) is 10.1 Å². The first-order chi connectivity index (χ1) is 10.9. The summed E-state index contributed by atoms with van der Waals surface area (Å²) in [7, 11) is 0. The molecule has 0 N–H and O–H groups in total. The Morgan fingerprint density at radius 1 is 1.30 bits per heavy atom. The van der Waals surface area contributed by atoms with Crippen LogP contribution in [0.2, 0.25) is 0 Å². The number of hydrogen-bond donors (Lipinski definition) is 0. The first-order valence-electron chi connectivity index (χ1n) is 7.71. The third-order valence-electron chi connectivity index (χ3n) is 4.26. The fourth-order valence-corrected chi connectivity index (χ4v) is 3.04. The molecule has 0 aromatic carbocycles. The molecular formula is C15H20N6O2. The maximum atomic E-state index is 10.9. The molecule has 0 saturated heterocycles. The fourth-order valence-electron chi connectivity index (χ4n) is 3.04. The minimum absolute atomic E-state index is 0.0251. The van der Waals surface area contributed by atoms with Crippen molar-refractivity contribution in [2.75, 3.05) is 11.4 Å². The van der Waals surface area contributed by atoms with Crippen LogP contribution in [0.3, 0.4) is 0 Å². The number of aryl methyl sites for hydroxylation is 1. The zero-order valence-corrected chi connectivity index (χ0v) is 13.7. The molecule has 0 spiro atoms. The van der Waals surface area contributed by atoms with E-state index in [0.29, 0.717) is 11.6 Å². The summed E-state index contributed by atoms with van der Waals surface area (Å²) in [6.07, 6.45) is 0. The molecule has 23 heavy (non-hydrogen) atoms. The van der Waals surface area contributed by atoms with Crippen molar-refractivity contribution < 1.29 is 4.92 Å². The van der Waals surface area contributed by atoms with E-state index < -0.39 is 4.92 Å². The van der Waals surface area contributed by atoms with Gasteiger partial charge in [-0.25, -0.2) is 4.98 Å². The zero-order chi connectivity index (χ0) is 16.7. The Labute approximate surface area is 134 Å². The van der Waals surface area contributed by atoms with Gasteiger partial charge in [0, 0.05) is 25.1 Å². The van der Waals surface area contributed by atoms with Gasteiger partial charge in [-0.3, -0.25) is 10.1 Å². The average Bonchev–Trinajstić information content (AvgIpc) is 2.92.